The van der Waals surface area contributed by atoms with Crippen LogP contribution in [0.15, 0.2) is 24.3 Å². The van der Waals surface area contributed by atoms with Gasteiger partial charge in [-0.05, 0) is 33.3 Å². The molecule has 1 aromatic carbocycles. The van der Waals surface area contributed by atoms with Crippen molar-refractivity contribution in [1.82, 2.24) is 20.9 Å². The zero-order chi connectivity index (χ0) is 22.5. The molecular weight excluding hydrogens is 392 g/mol. The summed E-state index contributed by atoms with van der Waals surface area (Å²) in [6, 6.07) is 6.30. The minimum Gasteiger partial charge on any atom is -0.454 e. The molecule has 0 bridgehead atoms. The predicted octanol–water partition coefficient (Wildman–Crippen LogP) is -0.0540. The Morgan fingerprint density at radius 2 is 1.77 bits per heavy atom. The Hall–Kier alpha value is -3.43. The first kappa shape index (κ1) is 22.9. The van der Waals surface area contributed by atoms with Crippen molar-refractivity contribution in [1.29, 1.82) is 0 Å². The number of hydrogen-bond donors (Lipinski definition) is 3. The van der Waals surface area contributed by atoms with Crippen LogP contribution in [0, 0.1) is 6.92 Å². The van der Waals surface area contributed by atoms with E-state index in [2.05, 4.69) is 16.0 Å². The third-order valence-corrected chi connectivity index (χ3v) is 4.45. The monoisotopic (exact) mass is 418 g/mol. The minimum atomic E-state index is -1.30. The number of nitrogens with one attached hydrogen (secondary N) is 3. The molecule has 30 heavy (non-hydrogen) atoms. The van der Waals surface area contributed by atoms with Crippen molar-refractivity contribution in [3.05, 3.63) is 35.4 Å². The number of ether oxygens (including phenoxy) is 1. The normalized spacial score (nSPS) is 18.2. The summed E-state index contributed by atoms with van der Waals surface area (Å²) >= 11 is 0. The number of carbonyl (C=O) groups is 5. The van der Waals surface area contributed by atoms with Gasteiger partial charge in [0.1, 0.15) is 12.1 Å². The van der Waals surface area contributed by atoms with Gasteiger partial charge in [0.05, 0.1) is 6.54 Å². The quantitative estimate of drug-likeness (QED) is 0.400. The number of hydrogen-bond acceptors (Lipinski definition) is 6. The number of carbonyl (C=O) groups excluding carboxylic acids is 5. The van der Waals surface area contributed by atoms with Gasteiger partial charge in [0, 0.05) is 6.04 Å². The molecule has 1 aliphatic heterocycles. The molecule has 10 nitrogen and oxygen atoms in total. The second-order valence-electron chi connectivity index (χ2n) is 7.47. The van der Waals surface area contributed by atoms with Gasteiger partial charge in [-0.1, -0.05) is 29.8 Å². The summed E-state index contributed by atoms with van der Waals surface area (Å²) in [5, 5.41) is 7.49. The van der Waals surface area contributed by atoms with E-state index in [9.17, 15) is 24.0 Å². The molecule has 0 unspecified atom stereocenters. The van der Waals surface area contributed by atoms with Crippen LogP contribution in [0.3, 0.4) is 0 Å². The average molecular weight is 418 g/mol. The van der Waals surface area contributed by atoms with Crippen LogP contribution < -0.4 is 16.0 Å². The number of aryl methyl sites for hydroxylation is 1. The van der Waals surface area contributed by atoms with Gasteiger partial charge in [0.15, 0.2) is 6.61 Å². The summed E-state index contributed by atoms with van der Waals surface area (Å²) in [4.78, 5) is 60.9. The largest absolute Gasteiger partial charge is 0.454 e. The molecule has 10 heteroatoms. The van der Waals surface area contributed by atoms with Crippen molar-refractivity contribution in [3.63, 3.8) is 0 Å². The Balaban J connectivity index is 1.87. The fraction of sp³-hybridized carbons (Fsp3) is 0.450. The Kier molecular flexibility index (Phi) is 7.14. The van der Waals surface area contributed by atoms with Crippen LogP contribution in [0.1, 0.15) is 31.9 Å². The van der Waals surface area contributed by atoms with Gasteiger partial charge >= 0.3 is 12.0 Å². The highest BCUT2D eigenvalue weighted by Gasteiger charge is 2.49. The van der Waals surface area contributed by atoms with Gasteiger partial charge in [0.2, 0.25) is 5.91 Å². The molecule has 0 aliphatic carbocycles. The van der Waals surface area contributed by atoms with E-state index >= 15 is 0 Å². The fourth-order valence-corrected chi connectivity index (χ4v) is 2.85. The lowest BCUT2D eigenvalue weighted by Gasteiger charge is -2.22. The molecular formula is C20H26N4O6. The van der Waals surface area contributed by atoms with Gasteiger partial charge in [-0.15, -0.1) is 0 Å². The third kappa shape index (κ3) is 5.56. The van der Waals surface area contributed by atoms with Gasteiger partial charge in [-0.25, -0.2) is 4.79 Å². The molecule has 0 aromatic heterocycles. The number of imide groups is 1. The molecule has 1 fully saturated rings. The molecule has 1 aliphatic rings. The molecule has 2 rings (SSSR count). The SMILES string of the molecule is Cc1ccc([C@@]2(C)NC(=O)N(CC(=O)OCC(=O)NCC(=O)NC(C)C)C2=O)cc1. The Bertz CT molecular complexity index is 851. The van der Waals surface area contributed by atoms with E-state index < -0.39 is 42.5 Å². The molecule has 1 heterocycles. The van der Waals surface area contributed by atoms with Crippen molar-refractivity contribution in [2.75, 3.05) is 19.7 Å². The molecule has 3 N–H and O–H groups in total. The van der Waals surface area contributed by atoms with Crippen molar-refractivity contribution in [2.24, 2.45) is 0 Å². The van der Waals surface area contributed by atoms with E-state index in [1.807, 2.05) is 19.1 Å². The van der Waals surface area contributed by atoms with Gasteiger partial charge < -0.3 is 20.7 Å². The lowest BCUT2D eigenvalue weighted by atomic mass is 9.91. The van der Waals surface area contributed by atoms with Crippen molar-refractivity contribution in [2.45, 2.75) is 39.3 Å². The minimum absolute atomic E-state index is 0.0676. The number of rotatable bonds is 8. The summed E-state index contributed by atoms with van der Waals surface area (Å²) in [5.74, 6) is -2.57. The summed E-state index contributed by atoms with van der Waals surface area (Å²) in [5.41, 5.74) is 0.285. The predicted molar refractivity (Wildman–Crippen MR) is 106 cm³/mol. The van der Waals surface area contributed by atoms with Crippen LogP contribution in [-0.4, -0.2) is 60.4 Å². The van der Waals surface area contributed by atoms with Crippen molar-refractivity contribution in [3.8, 4) is 0 Å². The molecule has 1 aromatic rings. The lowest BCUT2D eigenvalue weighted by molar-refractivity contribution is -0.151. The maximum atomic E-state index is 12.8. The van der Waals surface area contributed by atoms with Crippen molar-refractivity contribution < 1.29 is 28.7 Å². The van der Waals surface area contributed by atoms with E-state index in [4.69, 9.17) is 4.74 Å². The highest BCUT2D eigenvalue weighted by molar-refractivity contribution is 6.08. The van der Waals surface area contributed by atoms with Gasteiger partial charge in [0.25, 0.3) is 11.8 Å². The van der Waals surface area contributed by atoms with Gasteiger partial charge in [-0.3, -0.25) is 24.1 Å². The standard InChI is InChI=1S/C20H26N4O6/c1-12(2)22-15(25)9-21-16(26)11-30-17(27)10-24-18(28)20(4,23-19(24)29)14-7-5-13(3)6-8-14/h5-8,12H,9-11H2,1-4H3,(H,21,26)(H,22,25)(H,23,29)/t20-/m1/s1. The maximum absolute atomic E-state index is 12.8. The second kappa shape index (κ2) is 9.38. The summed E-state index contributed by atoms with van der Waals surface area (Å²) in [6.07, 6.45) is 0. The van der Waals surface area contributed by atoms with Crippen molar-refractivity contribution >= 4 is 29.7 Å². The lowest BCUT2D eigenvalue weighted by Crippen LogP contribution is -2.42. The van der Waals surface area contributed by atoms with E-state index in [0.717, 1.165) is 10.5 Å². The van der Waals surface area contributed by atoms with Crippen LogP contribution in [-0.2, 0) is 29.5 Å². The highest BCUT2D eigenvalue weighted by atomic mass is 16.5. The summed E-state index contributed by atoms with van der Waals surface area (Å²) in [7, 11) is 0. The first-order valence-corrected chi connectivity index (χ1v) is 9.46. The second-order valence-corrected chi connectivity index (χ2v) is 7.47. The third-order valence-electron chi connectivity index (χ3n) is 4.45. The van der Waals surface area contributed by atoms with Crippen LogP contribution >= 0.6 is 0 Å². The smallest absolute Gasteiger partial charge is 0.326 e. The zero-order valence-electron chi connectivity index (χ0n) is 17.4. The molecule has 5 amide bonds. The number of nitrogens with zero attached hydrogens (tertiary/aromatic N) is 1. The molecule has 0 radical (unpaired) electrons. The highest BCUT2D eigenvalue weighted by Crippen LogP contribution is 2.28. The maximum Gasteiger partial charge on any atom is 0.326 e. The number of amides is 5. The van der Waals surface area contributed by atoms with Crippen LogP contribution in [0.2, 0.25) is 0 Å². The molecule has 0 spiro atoms. The number of urea groups is 1. The molecule has 0 saturated carbocycles. The Morgan fingerprint density at radius 3 is 2.37 bits per heavy atom. The first-order valence-electron chi connectivity index (χ1n) is 9.46. The van der Waals surface area contributed by atoms with E-state index in [0.29, 0.717) is 5.56 Å². The first-order chi connectivity index (χ1) is 14.0. The summed E-state index contributed by atoms with van der Waals surface area (Å²) in [6.45, 7) is 5.49. The van der Waals surface area contributed by atoms with E-state index in [1.165, 1.54) is 0 Å². The molecule has 162 valence electrons. The molecule has 1 atom stereocenters. The van der Waals surface area contributed by atoms with E-state index in [1.54, 1.807) is 32.9 Å². The van der Waals surface area contributed by atoms with Gasteiger partial charge in [-0.2, -0.15) is 0 Å². The Morgan fingerprint density at radius 1 is 1.13 bits per heavy atom. The summed E-state index contributed by atoms with van der Waals surface area (Å²) < 4.78 is 4.81. The van der Waals surface area contributed by atoms with Crippen LogP contribution in [0.5, 0.6) is 0 Å². The van der Waals surface area contributed by atoms with Crippen LogP contribution in [0.4, 0.5) is 4.79 Å². The average Bonchev–Trinajstić information content (AvgIpc) is 2.88. The topological polar surface area (TPSA) is 134 Å². The van der Waals surface area contributed by atoms with E-state index in [-0.39, 0.29) is 18.5 Å². The number of esters is 1. The number of benzene rings is 1. The Labute approximate surface area is 174 Å². The molecule has 1 saturated heterocycles. The van der Waals surface area contributed by atoms with Crippen LogP contribution in [0.25, 0.3) is 0 Å². The fourth-order valence-electron chi connectivity index (χ4n) is 2.85. The zero-order valence-corrected chi connectivity index (χ0v) is 17.4.